The van der Waals surface area contributed by atoms with Crippen LogP contribution in [0.4, 0.5) is 0 Å². The molecule has 5 aromatic carbocycles. The molecule has 0 radical (unpaired) electrons. The fraction of sp³-hybridized carbons (Fsp3) is 0.120. The standard InChI is InChI=1S/C25H20O/c26-12-4-9-17-7-3-8-20-16-25-22(15-23(17)20)11-10-21-13-18-5-1-2-6-19(18)14-24(21)25/h1-3,5-8,10-11,13-16,26H,4,9,12H2. The summed E-state index contributed by atoms with van der Waals surface area (Å²) in [6.07, 6.45) is 1.72. The molecule has 0 aliphatic rings. The topological polar surface area (TPSA) is 20.2 Å². The zero-order valence-electron chi connectivity index (χ0n) is 14.6. The number of benzene rings is 5. The van der Waals surface area contributed by atoms with E-state index in [4.69, 9.17) is 0 Å². The van der Waals surface area contributed by atoms with Gasteiger partial charge in [0.2, 0.25) is 0 Å². The highest BCUT2D eigenvalue weighted by Gasteiger charge is 2.07. The van der Waals surface area contributed by atoms with E-state index >= 15 is 0 Å². The van der Waals surface area contributed by atoms with E-state index in [2.05, 4.69) is 78.9 Å². The van der Waals surface area contributed by atoms with E-state index in [1.165, 1.54) is 48.7 Å². The van der Waals surface area contributed by atoms with Crippen LogP contribution in [-0.4, -0.2) is 11.7 Å². The van der Waals surface area contributed by atoms with E-state index in [-0.39, 0.29) is 6.61 Å². The minimum atomic E-state index is 0.238. The van der Waals surface area contributed by atoms with Crippen LogP contribution in [-0.2, 0) is 6.42 Å². The minimum Gasteiger partial charge on any atom is -0.396 e. The number of rotatable bonds is 3. The van der Waals surface area contributed by atoms with Crippen molar-refractivity contribution in [1.29, 1.82) is 0 Å². The number of aliphatic hydroxyl groups is 1. The van der Waals surface area contributed by atoms with E-state index in [1.807, 2.05) is 0 Å². The third-order valence-corrected chi connectivity index (χ3v) is 5.40. The molecule has 0 amide bonds. The van der Waals surface area contributed by atoms with Gasteiger partial charge in [-0.25, -0.2) is 0 Å². The Labute approximate surface area is 152 Å². The van der Waals surface area contributed by atoms with Crippen LogP contribution in [0.25, 0.3) is 43.1 Å². The molecule has 0 saturated heterocycles. The highest BCUT2D eigenvalue weighted by Crippen LogP contribution is 2.33. The molecule has 0 bridgehead atoms. The van der Waals surface area contributed by atoms with Crippen molar-refractivity contribution in [3.63, 3.8) is 0 Å². The Morgan fingerprint density at radius 3 is 1.88 bits per heavy atom. The highest BCUT2D eigenvalue weighted by atomic mass is 16.2. The lowest BCUT2D eigenvalue weighted by molar-refractivity contribution is 0.289. The van der Waals surface area contributed by atoms with Gasteiger partial charge in [0.1, 0.15) is 0 Å². The van der Waals surface area contributed by atoms with Gasteiger partial charge >= 0.3 is 0 Å². The Hall–Kier alpha value is -2.90. The first-order chi connectivity index (χ1) is 12.8. The van der Waals surface area contributed by atoms with Crippen LogP contribution in [0.1, 0.15) is 12.0 Å². The quantitative estimate of drug-likeness (QED) is 0.306. The molecule has 0 heterocycles. The van der Waals surface area contributed by atoms with Crippen molar-refractivity contribution in [2.45, 2.75) is 12.8 Å². The molecule has 5 aromatic rings. The van der Waals surface area contributed by atoms with Crippen molar-refractivity contribution in [1.82, 2.24) is 0 Å². The maximum absolute atomic E-state index is 9.18. The second-order valence-electron chi connectivity index (χ2n) is 7.02. The van der Waals surface area contributed by atoms with Gasteiger partial charge in [0.25, 0.3) is 0 Å². The minimum absolute atomic E-state index is 0.238. The molecule has 5 rings (SSSR count). The number of aryl methyl sites for hydroxylation is 1. The predicted molar refractivity (Wildman–Crippen MR) is 112 cm³/mol. The van der Waals surface area contributed by atoms with E-state index in [1.54, 1.807) is 0 Å². The first-order valence-corrected chi connectivity index (χ1v) is 9.21. The Balaban J connectivity index is 1.83. The molecule has 0 fully saturated rings. The first-order valence-electron chi connectivity index (χ1n) is 9.21. The molecule has 0 aliphatic heterocycles. The Kier molecular flexibility index (Phi) is 3.62. The highest BCUT2D eigenvalue weighted by molar-refractivity contribution is 6.15. The fourth-order valence-electron chi connectivity index (χ4n) is 4.07. The lowest BCUT2D eigenvalue weighted by Crippen LogP contribution is -1.91. The molecule has 0 aliphatic carbocycles. The maximum Gasteiger partial charge on any atom is 0.0434 e. The fourth-order valence-corrected chi connectivity index (χ4v) is 4.07. The third kappa shape index (κ3) is 2.44. The predicted octanol–water partition coefficient (Wildman–Crippen LogP) is 6.22. The lowest BCUT2D eigenvalue weighted by Gasteiger charge is -2.11. The van der Waals surface area contributed by atoms with Crippen LogP contribution in [0.15, 0.2) is 78.9 Å². The summed E-state index contributed by atoms with van der Waals surface area (Å²) < 4.78 is 0. The van der Waals surface area contributed by atoms with Crippen LogP contribution in [0.2, 0.25) is 0 Å². The summed E-state index contributed by atoms with van der Waals surface area (Å²) in [6, 6.07) is 28.7. The van der Waals surface area contributed by atoms with E-state index in [0.29, 0.717) is 0 Å². The van der Waals surface area contributed by atoms with Gasteiger partial charge < -0.3 is 5.11 Å². The van der Waals surface area contributed by atoms with Crippen LogP contribution in [0.3, 0.4) is 0 Å². The summed E-state index contributed by atoms with van der Waals surface area (Å²) in [5.74, 6) is 0. The molecule has 0 aromatic heterocycles. The molecule has 126 valence electrons. The summed E-state index contributed by atoms with van der Waals surface area (Å²) in [7, 11) is 0. The zero-order valence-corrected chi connectivity index (χ0v) is 14.6. The van der Waals surface area contributed by atoms with Gasteiger partial charge in [-0.05, 0) is 85.8 Å². The van der Waals surface area contributed by atoms with Gasteiger partial charge in [-0.3, -0.25) is 0 Å². The van der Waals surface area contributed by atoms with E-state index in [9.17, 15) is 5.11 Å². The molecule has 1 nitrogen and oxygen atoms in total. The summed E-state index contributed by atoms with van der Waals surface area (Å²) in [4.78, 5) is 0. The molecule has 1 heteroatoms. The van der Waals surface area contributed by atoms with Crippen molar-refractivity contribution >= 4 is 43.1 Å². The molecular weight excluding hydrogens is 316 g/mol. The number of hydrogen-bond donors (Lipinski definition) is 1. The maximum atomic E-state index is 9.18. The first kappa shape index (κ1) is 15.4. The van der Waals surface area contributed by atoms with Crippen molar-refractivity contribution in [3.8, 4) is 0 Å². The summed E-state index contributed by atoms with van der Waals surface area (Å²) in [5.41, 5.74) is 1.32. The molecule has 0 unspecified atom stereocenters. The molecular formula is C25H20O. The van der Waals surface area contributed by atoms with Crippen molar-refractivity contribution < 1.29 is 5.11 Å². The SMILES string of the molecule is OCCCc1cccc2cc3c(ccc4cc5ccccc5cc43)cc12. The monoisotopic (exact) mass is 336 g/mol. The zero-order chi connectivity index (χ0) is 17.5. The van der Waals surface area contributed by atoms with Gasteiger partial charge in [-0.2, -0.15) is 0 Å². The van der Waals surface area contributed by atoms with Crippen LogP contribution in [0.5, 0.6) is 0 Å². The molecule has 0 saturated carbocycles. The van der Waals surface area contributed by atoms with Gasteiger partial charge in [0.15, 0.2) is 0 Å². The summed E-state index contributed by atoms with van der Waals surface area (Å²) in [5, 5.41) is 19.5. The van der Waals surface area contributed by atoms with Gasteiger partial charge in [0.05, 0.1) is 0 Å². The smallest absolute Gasteiger partial charge is 0.0434 e. The number of fused-ring (bicyclic) bond motifs is 5. The summed E-state index contributed by atoms with van der Waals surface area (Å²) in [6.45, 7) is 0.238. The molecule has 26 heavy (non-hydrogen) atoms. The average molecular weight is 336 g/mol. The van der Waals surface area contributed by atoms with Gasteiger partial charge in [0, 0.05) is 6.61 Å². The number of aliphatic hydroxyl groups excluding tert-OH is 1. The number of hydrogen-bond acceptors (Lipinski definition) is 1. The average Bonchev–Trinajstić information content (AvgIpc) is 2.69. The largest absolute Gasteiger partial charge is 0.396 e. The lowest BCUT2D eigenvalue weighted by atomic mass is 9.93. The summed E-state index contributed by atoms with van der Waals surface area (Å²) >= 11 is 0. The van der Waals surface area contributed by atoms with E-state index in [0.717, 1.165) is 12.8 Å². The molecule has 0 spiro atoms. The Bertz CT molecular complexity index is 1270. The van der Waals surface area contributed by atoms with Crippen LogP contribution >= 0.6 is 0 Å². The van der Waals surface area contributed by atoms with Crippen LogP contribution in [0, 0.1) is 0 Å². The Morgan fingerprint density at radius 2 is 1.12 bits per heavy atom. The second kappa shape index (κ2) is 6.12. The van der Waals surface area contributed by atoms with Crippen molar-refractivity contribution in [2.75, 3.05) is 6.61 Å². The molecule has 0 atom stereocenters. The van der Waals surface area contributed by atoms with Crippen molar-refractivity contribution in [2.24, 2.45) is 0 Å². The normalized spacial score (nSPS) is 11.7. The Morgan fingerprint density at radius 1 is 0.538 bits per heavy atom. The van der Waals surface area contributed by atoms with E-state index < -0.39 is 0 Å². The van der Waals surface area contributed by atoms with Crippen molar-refractivity contribution in [3.05, 3.63) is 84.4 Å². The second-order valence-corrected chi connectivity index (χ2v) is 7.02. The third-order valence-electron chi connectivity index (χ3n) is 5.40. The molecule has 1 N–H and O–H groups in total. The van der Waals surface area contributed by atoms with Crippen LogP contribution < -0.4 is 0 Å². The van der Waals surface area contributed by atoms with Gasteiger partial charge in [-0.1, -0.05) is 54.6 Å². The van der Waals surface area contributed by atoms with Gasteiger partial charge in [-0.15, -0.1) is 0 Å².